The summed E-state index contributed by atoms with van der Waals surface area (Å²) >= 11 is 3.48. The summed E-state index contributed by atoms with van der Waals surface area (Å²) in [6, 6.07) is 14.7. The van der Waals surface area contributed by atoms with Gasteiger partial charge in [-0.2, -0.15) is 5.26 Å². The zero-order valence-electron chi connectivity index (χ0n) is 12.6. The fraction of sp³-hybridized carbons (Fsp3) is 0.211. The van der Waals surface area contributed by atoms with Gasteiger partial charge >= 0.3 is 0 Å². The Hall–Kier alpha value is -2.12. The number of nitrogens with zero attached hydrogens (tertiary/aromatic N) is 1. The molecule has 1 aliphatic rings. The highest BCUT2D eigenvalue weighted by atomic mass is 79.9. The van der Waals surface area contributed by atoms with Crippen molar-refractivity contribution in [3.05, 3.63) is 70.5 Å². The van der Waals surface area contributed by atoms with Crippen LogP contribution in [0.4, 0.5) is 4.39 Å². The van der Waals surface area contributed by atoms with Gasteiger partial charge in [0.15, 0.2) is 0 Å². The summed E-state index contributed by atoms with van der Waals surface area (Å²) in [5.41, 5.74) is 4.24. The molecule has 0 fully saturated rings. The quantitative estimate of drug-likeness (QED) is 0.523. The maximum atomic E-state index is 13.7. The van der Waals surface area contributed by atoms with E-state index in [2.05, 4.69) is 22.0 Å². The molecule has 1 aliphatic heterocycles. The van der Waals surface area contributed by atoms with Crippen LogP contribution < -0.4 is 4.74 Å². The highest BCUT2D eigenvalue weighted by Crippen LogP contribution is 2.43. The first kappa shape index (κ1) is 15.8. The largest absolute Gasteiger partial charge is 0.484 e. The van der Waals surface area contributed by atoms with Crippen molar-refractivity contribution in [2.24, 2.45) is 0 Å². The minimum atomic E-state index is -0.350. The predicted molar refractivity (Wildman–Crippen MR) is 91.9 cm³/mol. The van der Waals surface area contributed by atoms with Crippen molar-refractivity contribution in [3.8, 4) is 11.8 Å². The van der Waals surface area contributed by atoms with Gasteiger partial charge in [-0.1, -0.05) is 47.1 Å². The van der Waals surface area contributed by atoms with Gasteiger partial charge in [-0.05, 0) is 24.1 Å². The van der Waals surface area contributed by atoms with E-state index in [9.17, 15) is 9.65 Å². The number of hydrogen-bond acceptors (Lipinski definition) is 2. The molecule has 116 valence electrons. The summed E-state index contributed by atoms with van der Waals surface area (Å²) in [7, 11) is 0. The van der Waals surface area contributed by atoms with Crippen LogP contribution in [0.2, 0.25) is 0 Å². The Morgan fingerprint density at radius 2 is 2.04 bits per heavy atom. The van der Waals surface area contributed by atoms with Crippen LogP contribution >= 0.6 is 15.9 Å². The SMILES string of the molecule is CC/C(C#N)=C1\c2ccc(F)cc2OC(CBr)c2ccccc21. The fourth-order valence-electron chi connectivity index (χ4n) is 2.92. The van der Waals surface area contributed by atoms with Crippen molar-refractivity contribution in [2.75, 3.05) is 5.33 Å². The number of rotatable bonds is 2. The standard InChI is InChI=1S/C19H15BrFNO/c1-2-12(11-22)19-15-6-4-3-5-14(15)18(10-20)23-17-9-13(21)7-8-16(17)19/h3-9,18H,2,10H2,1H3/b19-12+. The van der Waals surface area contributed by atoms with E-state index in [-0.39, 0.29) is 11.9 Å². The Morgan fingerprint density at radius 1 is 1.26 bits per heavy atom. The number of halogens is 2. The first-order valence-electron chi connectivity index (χ1n) is 7.44. The van der Waals surface area contributed by atoms with Crippen molar-refractivity contribution >= 4 is 21.5 Å². The molecule has 2 aromatic rings. The number of hydrogen-bond donors (Lipinski definition) is 0. The van der Waals surface area contributed by atoms with E-state index in [0.29, 0.717) is 23.1 Å². The number of nitriles is 1. The molecule has 1 unspecified atom stereocenters. The molecule has 2 nitrogen and oxygen atoms in total. The zero-order valence-corrected chi connectivity index (χ0v) is 14.2. The normalized spacial score (nSPS) is 18.1. The molecule has 23 heavy (non-hydrogen) atoms. The van der Waals surface area contributed by atoms with Crippen LogP contribution in [0.15, 0.2) is 48.0 Å². The summed E-state index contributed by atoms with van der Waals surface area (Å²) in [4.78, 5) is 0. The Kier molecular flexibility index (Phi) is 4.49. The zero-order chi connectivity index (χ0) is 16.4. The van der Waals surface area contributed by atoms with Crippen LogP contribution in [0, 0.1) is 17.1 Å². The number of ether oxygens (including phenoxy) is 1. The van der Waals surface area contributed by atoms with Crippen molar-refractivity contribution < 1.29 is 9.13 Å². The fourth-order valence-corrected chi connectivity index (χ4v) is 3.40. The Bertz CT molecular complexity index is 822. The van der Waals surface area contributed by atoms with Gasteiger partial charge in [-0.3, -0.25) is 0 Å². The monoisotopic (exact) mass is 371 g/mol. The first-order chi connectivity index (χ1) is 11.2. The second-order valence-electron chi connectivity index (χ2n) is 5.31. The van der Waals surface area contributed by atoms with Gasteiger partial charge in [0, 0.05) is 33.7 Å². The van der Waals surface area contributed by atoms with Gasteiger partial charge in [-0.25, -0.2) is 4.39 Å². The lowest BCUT2D eigenvalue weighted by Crippen LogP contribution is -2.09. The van der Waals surface area contributed by atoms with Crippen LogP contribution in [-0.2, 0) is 0 Å². The molecule has 0 aromatic heterocycles. The molecule has 2 aromatic carbocycles. The minimum Gasteiger partial charge on any atom is -0.484 e. The highest BCUT2D eigenvalue weighted by molar-refractivity contribution is 9.09. The molecule has 0 N–H and O–H groups in total. The number of benzene rings is 2. The van der Waals surface area contributed by atoms with Gasteiger partial charge in [0.25, 0.3) is 0 Å². The second kappa shape index (κ2) is 6.55. The Morgan fingerprint density at radius 3 is 2.74 bits per heavy atom. The number of fused-ring (bicyclic) bond motifs is 2. The molecule has 0 saturated heterocycles. The summed E-state index contributed by atoms with van der Waals surface area (Å²) in [6.45, 7) is 1.95. The van der Waals surface area contributed by atoms with Gasteiger partial charge in [0.05, 0.1) is 6.07 Å². The third kappa shape index (κ3) is 2.77. The second-order valence-corrected chi connectivity index (χ2v) is 5.95. The smallest absolute Gasteiger partial charge is 0.134 e. The van der Waals surface area contributed by atoms with E-state index in [4.69, 9.17) is 4.74 Å². The average Bonchev–Trinajstić information content (AvgIpc) is 2.71. The van der Waals surface area contributed by atoms with Gasteiger partial charge in [0.2, 0.25) is 0 Å². The molecule has 0 bridgehead atoms. The van der Waals surface area contributed by atoms with E-state index in [1.54, 1.807) is 6.07 Å². The van der Waals surface area contributed by atoms with Gasteiger partial charge in [0.1, 0.15) is 17.7 Å². The molecule has 0 aliphatic carbocycles. The lowest BCUT2D eigenvalue weighted by atomic mass is 9.88. The molecule has 0 saturated carbocycles. The van der Waals surface area contributed by atoms with Crippen molar-refractivity contribution in [3.63, 3.8) is 0 Å². The van der Waals surface area contributed by atoms with Crippen LogP contribution in [0.25, 0.3) is 5.57 Å². The van der Waals surface area contributed by atoms with E-state index in [1.165, 1.54) is 12.1 Å². The van der Waals surface area contributed by atoms with Gasteiger partial charge < -0.3 is 4.74 Å². The molecule has 0 spiro atoms. The predicted octanol–water partition coefficient (Wildman–Crippen LogP) is 5.39. The molecule has 3 rings (SSSR count). The molecule has 1 heterocycles. The average molecular weight is 372 g/mol. The molecule has 0 amide bonds. The molecule has 4 heteroatoms. The maximum absolute atomic E-state index is 13.7. The summed E-state index contributed by atoms with van der Waals surface area (Å²) in [5.74, 6) is 0.124. The minimum absolute atomic E-state index is 0.235. The van der Waals surface area contributed by atoms with E-state index in [0.717, 1.165) is 22.3 Å². The maximum Gasteiger partial charge on any atom is 0.134 e. The Labute approximate surface area is 143 Å². The lowest BCUT2D eigenvalue weighted by Gasteiger charge is -2.16. The van der Waals surface area contributed by atoms with Crippen molar-refractivity contribution in [1.82, 2.24) is 0 Å². The third-order valence-corrected chi connectivity index (χ3v) is 4.58. The molecule has 0 radical (unpaired) electrons. The topological polar surface area (TPSA) is 33.0 Å². The van der Waals surface area contributed by atoms with Crippen LogP contribution in [-0.4, -0.2) is 5.33 Å². The molecular weight excluding hydrogens is 357 g/mol. The molecular formula is C19H15BrFNO. The summed E-state index contributed by atoms with van der Waals surface area (Å²) in [5, 5.41) is 10.2. The highest BCUT2D eigenvalue weighted by Gasteiger charge is 2.27. The van der Waals surface area contributed by atoms with Gasteiger partial charge in [-0.15, -0.1) is 0 Å². The van der Waals surface area contributed by atoms with Crippen molar-refractivity contribution in [1.29, 1.82) is 5.26 Å². The van der Waals surface area contributed by atoms with Crippen LogP contribution in [0.3, 0.4) is 0 Å². The lowest BCUT2D eigenvalue weighted by molar-refractivity contribution is 0.233. The summed E-state index contributed by atoms with van der Waals surface area (Å²) in [6.07, 6.45) is 0.372. The van der Waals surface area contributed by atoms with Crippen LogP contribution in [0.5, 0.6) is 5.75 Å². The number of alkyl halides is 1. The van der Waals surface area contributed by atoms with Crippen molar-refractivity contribution in [2.45, 2.75) is 19.4 Å². The third-order valence-electron chi connectivity index (χ3n) is 3.99. The number of allylic oxidation sites excluding steroid dienone is 1. The summed E-state index contributed by atoms with van der Waals surface area (Å²) < 4.78 is 19.8. The van der Waals surface area contributed by atoms with E-state index >= 15 is 0 Å². The first-order valence-corrected chi connectivity index (χ1v) is 8.56. The molecule has 1 atom stereocenters. The van der Waals surface area contributed by atoms with Crippen LogP contribution in [0.1, 0.15) is 36.1 Å². The Balaban J connectivity index is 2.39. The van der Waals surface area contributed by atoms with E-state index < -0.39 is 0 Å². The van der Waals surface area contributed by atoms with E-state index in [1.807, 2.05) is 31.2 Å².